The van der Waals surface area contributed by atoms with Crippen LogP contribution in [0.4, 0.5) is 9.18 Å². The lowest BCUT2D eigenvalue weighted by Gasteiger charge is -2.44. The molecule has 0 saturated carbocycles. The van der Waals surface area contributed by atoms with Crippen molar-refractivity contribution >= 4 is 6.03 Å². The molecule has 2 aromatic rings. The molecule has 3 fully saturated rings. The van der Waals surface area contributed by atoms with Crippen LogP contribution in [0, 0.1) is 11.7 Å². The highest BCUT2D eigenvalue weighted by Gasteiger charge is 2.34. The molecule has 1 atom stereocenters. The molecule has 1 aromatic carbocycles. The molecule has 4 heterocycles. The smallest absolute Gasteiger partial charge is 0.325 e. The lowest BCUT2D eigenvalue weighted by Crippen LogP contribution is -2.57. The van der Waals surface area contributed by atoms with Crippen molar-refractivity contribution in [3.8, 4) is 11.1 Å². The van der Waals surface area contributed by atoms with Crippen molar-refractivity contribution in [3.05, 3.63) is 48.5 Å². The zero-order valence-corrected chi connectivity index (χ0v) is 12.9. The van der Waals surface area contributed by atoms with E-state index in [1.165, 1.54) is 25.0 Å². The van der Waals surface area contributed by atoms with Crippen molar-refractivity contribution in [2.45, 2.75) is 18.9 Å². The summed E-state index contributed by atoms with van der Waals surface area (Å²) >= 11 is 0. The van der Waals surface area contributed by atoms with E-state index in [0.717, 1.165) is 30.8 Å². The average Bonchev–Trinajstić information content (AvgIpc) is 3.06. The zero-order valence-electron chi connectivity index (χ0n) is 12.9. The van der Waals surface area contributed by atoms with Crippen molar-refractivity contribution in [2.75, 3.05) is 19.6 Å². The predicted octanol–water partition coefficient (Wildman–Crippen LogP) is 2.95. The lowest BCUT2D eigenvalue weighted by atomic mass is 9.84. The van der Waals surface area contributed by atoms with Gasteiger partial charge >= 0.3 is 6.03 Å². The second-order valence-electron chi connectivity index (χ2n) is 6.51. The highest BCUT2D eigenvalue weighted by Crippen LogP contribution is 2.27. The van der Waals surface area contributed by atoms with E-state index in [2.05, 4.69) is 10.2 Å². The topological polar surface area (TPSA) is 37.3 Å². The second kappa shape index (κ2) is 5.81. The van der Waals surface area contributed by atoms with Crippen LogP contribution in [-0.2, 0) is 0 Å². The van der Waals surface area contributed by atoms with Crippen LogP contribution in [0.15, 0.2) is 42.7 Å². The minimum atomic E-state index is -0.271. The van der Waals surface area contributed by atoms with E-state index < -0.39 is 0 Å². The summed E-state index contributed by atoms with van der Waals surface area (Å²) in [6.45, 7) is 3.27. The summed E-state index contributed by atoms with van der Waals surface area (Å²) in [6.07, 6.45) is 5.83. The number of halogens is 1. The SMILES string of the molecule is O=C(N[C@H]1CN2CCC1CC2)n1ccc(-c2cccc(F)c2)c1. The first kappa shape index (κ1) is 14.5. The number of carbonyl (C=O) groups excluding carboxylic acids is 1. The minimum absolute atomic E-state index is 0.105. The first-order chi connectivity index (χ1) is 11.2. The molecule has 0 unspecified atom stereocenters. The predicted molar refractivity (Wildman–Crippen MR) is 86.7 cm³/mol. The Morgan fingerprint density at radius 1 is 1.17 bits per heavy atom. The van der Waals surface area contributed by atoms with Gasteiger partial charge in [-0.2, -0.15) is 0 Å². The van der Waals surface area contributed by atoms with Gasteiger partial charge in [0.15, 0.2) is 0 Å². The van der Waals surface area contributed by atoms with Crippen molar-refractivity contribution in [1.29, 1.82) is 0 Å². The normalized spacial score (nSPS) is 26.2. The van der Waals surface area contributed by atoms with Gasteiger partial charge in [-0.25, -0.2) is 9.18 Å². The van der Waals surface area contributed by atoms with Gasteiger partial charge in [-0.15, -0.1) is 0 Å². The van der Waals surface area contributed by atoms with Crippen molar-refractivity contribution < 1.29 is 9.18 Å². The zero-order chi connectivity index (χ0) is 15.8. The van der Waals surface area contributed by atoms with E-state index >= 15 is 0 Å². The molecule has 23 heavy (non-hydrogen) atoms. The standard InChI is InChI=1S/C18H20FN3O/c19-16-3-1-2-14(10-16)15-6-9-22(11-15)18(23)20-17-12-21-7-4-13(17)5-8-21/h1-3,6,9-11,13,17H,4-5,7-8,12H2,(H,20,23)/t17-/m0/s1. The molecule has 0 radical (unpaired) electrons. The first-order valence-electron chi connectivity index (χ1n) is 8.16. The summed E-state index contributed by atoms with van der Waals surface area (Å²) in [5.74, 6) is 0.328. The third-order valence-corrected chi connectivity index (χ3v) is 5.05. The Hall–Kier alpha value is -2.14. The Bertz CT molecular complexity index is 719. The van der Waals surface area contributed by atoms with Crippen molar-refractivity contribution in [3.63, 3.8) is 0 Å². The highest BCUT2D eigenvalue weighted by atomic mass is 19.1. The molecule has 4 nitrogen and oxygen atoms in total. The molecule has 2 bridgehead atoms. The van der Waals surface area contributed by atoms with E-state index in [1.54, 1.807) is 23.0 Å². The van der Waals surface area contributed by atoms with Crippen LogP contribution in [0.2, 0.25) is 0 Å². The minimum Gasteiger partial charge on any atom is -0.333 e. The van der Waals surface area contributed by atoms with Gasteiger partial charge < -0.3 is 10.2 Å². The van der Waals surface area contributed by atoms with Crippen LogP contribution in [0.5, 0.6) is 0 Å². The second-order valence-corrected chi connectivity index (χ2v) is 6.51. The monoisotopic (exact) mass is 313 g/mol. The van der Waals surface area contributed by atoms with Crippen LogP contribution >= 0.6 is 0 Å². The molecule has 0 spiro atoms. The number of piperidine rings is 3. The number of hydrogen-bond acceptors (Lipinski definition) is 2. The number of rotatable bonds is 2. The van der Waals surface area contributed by atoms with Gasteiger partial charge in [0.05, 0.1) is 0 Å². The van der Waals surface area contributed by atoms with E-state index in [-0.39, 0.29) is 17.9 Å². The highest BCUT2D eigenvalue weighted by molar-refractivity contribution is 5.79. The van der Waals surface area contributed by atoms with E-state index in [9.17, 15) is 9.18 Å². The molecule has 3 aliphatic heterocycles. The quantitative estimate of drug-likeness (QED) is 0.925. The summed E-state index contributed by atoms with van der Waals surface area (Å²) < 4.78 is 14.9. The number of amides is 1. The molecular weight excluding hydrogens is 293 g/mol. The van der Waals surface area contributed by atoms with E-state index in [0.29, 0.717) is 5.92 Å². The fraction of sp³-hybridized carbons (Fsp3) is 0.389. The number of nitrogens with zero attached hydrogens (tertiary/aromatic N) is 2. The number of carbonyl (C=O) groups is 1. The van der Waals surface area contributed by atoms with Gasteiger partial charge in [-0.3, -0.25) is 4.57 Å². The largest absolute Gasteiger partial charge is 0.333 e. The van der Waals surface area contributed by atoms with Crippen LogP contribution in [0.3, 0.4) is 0 Å². The summed E-state index contributed by atoms with van der Waals surface area (Å²) in [5, 5.41) is 3.15. The Kier molecular flexibility index (Phi) is 3.65. The molecule has 5 rings (SSSR count). The average molecular weight is 313 g/mol. The Labute approximate surface area is 134 Å². The summed E-state index contributed by atoms with van der Waals surface area (Å²) in [6, 6.07) is 8.39. The van der Waals surface area contributed by atoms with Gasteiger partial charge in [-0.05, 0) is 61.2 Å². The van der Waals surface area contributed by atoms with Crippen LogP contribution < -0.4 is 5.32 Å². The molecule has 120 valence electrons. The molecule has 0 aliphatic carbocycles. The van der Waals surface area contributed by atoms with Crippen LogP contribution in [-0.4, -0.2) is 41.2 Å². The Morgan fingerprint density at radius 2 is 2.00 bits per heavy atom. The van der Waals surface area contributed by atoms with E-state index in [4.69, 9.17) is 0 Å². The molecular formula is C18H20FN3O. The lowest BCUT2D eigenvalue weighted by molar-refractivity contribution is 0.0767. The number of hydrogen-bond donors (Lipinski definition) is 1. The van der Waals surface area contributed by atoms with Crippen LogP contribution in [0.1, 0.15) is 12.8 Å². The van der Waals surface area contributed by atoms with Crippen molar-refractivity contribution in [1.82, 2.24) is 14.8 Å². The van der Waals surface area contributed by atoms with Gasteiger partial charge in [0.2, 0.25) is 0 Å². The van der Waals surface area contributed by atoms with Gasteiger partial charge in [-0.1, -0.05) is 12.1 Å². The van der Waals surface area contributed by atoms with Gasteiger partial charge in [0.25, 0.3) is 0 Å². The Balaban J connectivity index is 1.47. The van der Waals surface area contributed by atoms with E-state index in [1.807, 2.05) is 12.1 Å². The Morgan fingerprint density at radius 3 is 2.70 bits per heavy atom. The summed E-state index contributed by atoms with van der Waals surface area (Å²) in [7, 11) is 0. The molecule has 1 amide bonds. The molecule has 3 aliphatic rings. The maximum Gasteiger partial charge on any atom is 0.325 e. The fourth-order valence-electron chi connectivity index (χ4n) is 3.72. The molecule has 1 N–H and O–H groups in total. The fourth-order valence-corrected chi connectivity index (χ4v) is 3.72. The maximum absolute atomic E-state index is 13.3. The number of nitrogens with one attached hydrogen (secondary N) is 1. The molecule has 1 aromatic heterocycles. The summed E-state index contributed by atoms with van der Waals surface area (Å²) in [5.41, 5.74) is 1.62. The first-order valence-corrected chi connectivity index (χ1v) is 8.16. The summed E-state index contributed by atoms with van der Waals surface area (Å²) in [4.78, 5) is 14.9. The number of fused-ring (bicyclic) bond motifs is 3. The molecule has 3 saturated heterocycles. The number of benzene rings is 1. The van der Waals surface area contributed by atoms with Crippen molar-refractivity contribution in [2.24, 2.45) is 5.92 Å². The van der Waals surface area contributed by atoms with Gasteiger partial charge in [0.1, 0.15) is 5.82 Å². The number of aromatic nitrogens is 1. The third-order valence-electron chi connectivity index (χ3n) is 5.05. The maximum atomic E-state index is 13.3. The van der Waals surface area contributed by atoms with Crippen LogP contribution in [0.25, 0.3) is 11.1 Å². The third kappa shape index (κ3) is 2.88. The molecule has 5 heteroatoms. The van der Waals surface area contributed by atoms with Gasteiger partial charge in [0, 0.05) is 25.0 Å².